The SMILES string of the molecule is CN(C)S(=O)(=O)c1cccc(C(=O)N2CCC[C@@H]2C(=O)N[C@H](CO)c2ccc(Cl)c(F)c2)c1. The van der Waals surface area contributed by atoms with Gasteiger partial charge in [0.15, 0.2) is 0 Å². The van der Waals surface area contributed by atoms with Gasteiger partial charge in [0.1, 0.15) is 11.9 Å². The molecule has 0 bridgehead atoms. The number of hydrogen-bond acceptors (Lipinski definition) is 5. The van der Waals surface area contributed by atoms with Gasteiger partial charge in [-0.2, -0.15) is 0 Å². The smallest absolute Gasteiger partial charge is 0.254 e. The first kappa shape index (κ1) is 25.1. The Kier molecular flexibility index (Phi) is 7.73. The number of sulfonamides is 1. The largest absolute Gasteiger partial charge is 0.394 e. The summed E-state index contributed by atoms with van der Waals surface area (Å²) < 4.78 is 39.7. The summed E-state index contributed by atoms with van der Waals surface area (Å²) in [5.74, 6) is -1.64. The monoisotopic (exact) mass is 497 g/mol. The summed E-state index contributed by atoms with van der Waals surface area (Å²) >= 11 is 5.70. The lowest BCUT2D eigenvalue weighted by molar-refractivity contribution is -0.125. The van der Waals surface area contributed by atoms with Crippen LogP contribution in [0.2, 0.25) is 5.02 Å². The predicted molar refractivity (Wildman–Crippen MR) is 121 cm³/mol. The van der Waals surface area contributed by atoms with Crippen molar-refractivity contribution in [3.8, 4) is 0 Å². The van der Waals surface area contributed by atoms with Crippen LogP contribution < -0.4 is 5.32 Å². The highest BCUT2D eigenvalue weighted by molar-refractivity contribution is 7.89. The Morgan fingerprint density at radius 2 is 2.00 bits per heavy atom. The van der Waals surface area contributed by atoms with Crippen LogP contribution in [0.25, 0.3) is 0 Å². The molecule has 0 saturated carbocycles. The first-order valence-corrected chi connectivity index (χ1v) is 12.1. The summed E-state index contributed by atoms with van der Waals surface area (Å²) in [5, 5.41) is 12.3. The second-order valence-corrected chi connectivity index (χ2v) is 10.4. The lowest BCUT2D eigenvalue weighted by Crippen LogP contribution is -2.47. The van der Waals surface area contributed by atoms with Crippen LogP contribution >= 0.6 is 11.6 Å². The van der Waals surface area contributed by atoms with E-state index in [0.29, 0.717) is 24.9 Å². The normalized spacial score (nSPS) is 17.3. The number of carbonyl (C=O) groups excluding carboxylic acids is 2. The van der Waals surface area contributed by atoms with Crippen LogP contribution in [-0.2, 0) is 14.8 Å². The van der Waals surface area contributed by atoms with Crippen LogP contribution in [0.3, 0.4) is 0 Å². The first-order valence-electron chi connectivity index (χ1n) is 10.3. The maximum atomic E-state index is 13.8. The van der Waals surface area contributed by atoms with Crippen molar-refractivity contribution in [3.05, 3.63) is 64.4 Å². The Labute approximate surface area is 197 Å². The van der Waals surface area contributed by atoms with Crippen LogP contribution in [0, 0.1) is 5.82 Å². The summed E-state index contributed by atoms with van der Waals surface area (Å²) in [6.45, 7) is -0.154. The molecule has 2 amide bonds. The second kappa shape index (κ2) is 10.2. The number of hydrogen-bond donors (Lipinski definition) is 2. The molecule has 1 aliphatic heterocycles. The molecule has 33 heavy (non-hydrogen) atoms. The van der Waals surface area contributed by atoms with E-state index in [9.17, 15) is 27.5 Å². The third-order valence-electron chi connectivity index (χ3n) is 5.52. The van der Waals surface area contributed by atoms with Crippen LogP contribution in [-0.4, -0.2) is 67.8 Å². The van der Waals surface area contributed by atoms with E-state index in [1.54, 1.807) is 0 Å². The third kappa shape index (κ3) is 5.35. The molecule has 2 N–H and O–H groups in total. The van der Waals surface area contributed by atoms with E-state index in [2.05, 4.69) is 5.32 Å². The van der Waals surface area contributed by atoms with Gasteiger partial charge in [-0.05, 0) is 48.7 Å². The number of aliphatic hydroxyl groups is 1. The Morgan fingerprint density at radius 1 is 1.27 bits per heavy atom. The zero-order chi connectivity index (χ0) is 24.3. The summed E-state index contributed by atoms with van der Waals surface area (Å²) in [4.78, 5) is 27.5. The van der Waals surface area contributed by atoms with Gasteiger partial charge in [-0.25, -0.2) is 17.1 Å². The zero-order valence-electron chi connectivity index (χ0n) is 18.2. The van der Waals surface area contributed by atoms with Crippen molar-refractivity contribution >= 4 is 33.4 Å². The molecule has 1 heterocycles. The van der Waals surface area contributed by atoms with Crippen molar-refractivity contribution < 1.29 is 27.5 Å². The molecule has 1 fully saturated rings. The van der Waals surface area contributed by atoms with Gasteiger partial charge in [-0.1, -0.05) is 23.7 Å². The van der Waals surface area contributed by atoms with Gasteiger partial charge in [-0.15, -0.1) is 0 Å². The second-order valence-electron chi connectivity index (χ2n) is 7.89. The Morgan fingerprint density at radius 3 is 2.64 bits per heavy atom. The van der Waals surface area contributed by atoms with E-state index in [4.69, 9.17) is 11.6 Å². The van der Waals surface area contributed by atoms with Crippen molar-refractivity contribution in [3.63, 3.8) is 0 Å². The van der Waals surface area contributed by atoms with E-state index in [-0.39, 0.29) is 15.5 Å². The van der Waals surface area contributed by atoms with Crippen LogP contribution in [0.15, 0.2) is 47.4 Å². The van der Waals surface area contributed by atoms with E-state index in [1.807, 2.05) is 0 Å². The maximum absolute atomic E-state index is 13.8. The van der Waals surface area contributed by atoms with Gasteiger partial charge < -0.3 is 15.3 Å². The fourth-order valence-corrected chi connectivity index (χ4v) is 4.75. The maximum Gasteiger partial charge on any atom is 0.254 e. The number of amides is 2. The first-order chi connectivity index (χ1) is 15.6. The fourth-order valence-electron chi connectivity index (χ4n) is 3.68. The van der Waals surface area contributed by atoms with Crippen molar-refractivity contribution in [1.82, 2.24) is 14.5 Å². The predicted octanol–water partition coefficient (Wildman–Crippen LogP) is 2.18. The quantitative estimate of drug-likeness (QED) is 0.609. The Hall–Kier alpha value is -2.53. The summed E-state index contributed by atoms with van der Waals surface area (Å²) in [7, 11) is -0.932. The molecular weight excluding hydrogens is 473 g/mol. The average molecular weight is 498 g/mol. The minimum Gasteiger partial charge on any atom is -0.394 e. The minimum atomic E-state index is -3.73. The number of nitrogens with zero attached hydrogens (tertiary/aromatic N) is 2. The average Bonchev–Trinajstić information content (AvgIpc) is 3.28. The minimum absolute atomic E-state index is 0.0244. The number of benzene rings is 2. The van der Waals surface area contributed by atoms with E-state index in [0.717, 1.165) is 10.4 Å². The fraction of sp³-hybridized carbons (Fsp3) is 0.364. The van der Waals surface area contributed by atoms with Gasteiger partial charge >= 0.3 is 0 Å². The van der Waals surface area contributed by atoms with Gasteiger partial charge in [0.2, 0.25) is 15.9 Å². The summed E-state index contributed by atoms with van der Waals surface area (Å²) in [6, 6.07) is 7.95. The lowest BCUT2D eigenvalue weighted by Gasteiger charge is -2.26. The van der Waals surface area contributed by atoms with Crippen molar-refractivity contribution in [2.45, 2.75) is 29.8 Å². The number of halogens is 2. The molecule has 11 heteroatoms. The van der Waals surface area contributed by atoms with Gasteiger partial charge in [0, 0.05) is 26.2 Å². The number of rotatable bonds is 7. The van der Waals surface area contributed by atoms with E-state index < -0.39 is 46.3 Å². The Balaban J connectivity index is 1.79. The molecule has 3 rings (SSSR count). The van der Waals surface area contributed by atoms with Gasteiger partial charge in [0.25, 0.3) is 5.91 Å². The standard InChI is InChI=1S/C22H25ClFN3O5S/c1-26(2)33(31,32)16-6-3-5-15(11-16)22(30)27-10-4-7-20(27)21(29)25-19(13-28)14-8-9-17(23)18(24)12-14/h3,5-6,8-9,11-12,19-20,28H,4,7,10,13H2,1-2H3,(H,25,29)/t19-,20-/m1/s1. The molecule has 2 aromatic carbocycles. The summed E-state index contributed by atoms with van der Waals surface area (Å²) in [6.07, 6.45) is 0.985. The number of aliphatic hydroxyl groups excluding tert-OH is 1. The van der Waals surface area contributed by atoms with E-state index in [1.165, 1.54) is 55.4 Å². The van der Waals surface area contributed by atoms with E-state index >= 15 is 0 Å². The number of carbonyl (C=O) groups is 2. The van der Waals surface area contributed by atoms with Crippen LogP contribution in [0.5, 0.6) is 0 Å². The number of nitrogens with one attached hydrogen (secondary N) is 1. The summed E-state index contributed by atoms with van der Waals surface area (Å²) in [5.41, 5.74) is 0.487. The highest BCUT2D eigenvalue weighted by atomic mass is 35.5. The van der Waals surface area contributed by atoms with Gasteiger partial charge in [-0.3, -0.25) is 9.59 Å². The number of likely N-dealkylation sites (tertiary alicyclic amines) is 1. The molecule has 0 unspecified atom stereocenters. The van der Waals surface area contributed by atoms with Crippen molar-refractivity contribution in [2.75, 3.05) is 27.2 Å². The third-order valence-corrected chi connectivity index (χ3v) is 7.64. The molecule has 2 aromatic rings. The van der Waals surface area contributed by atoms with Crippen molar-refractivity contribution in [1.29, 1.82) is 0 Å². The van der Waals surface area contributed by atoms with Gasteiger partial charge in [0.05, 0.1) is 22.6 Å². The molecule has 1 aliphatic rings. The molecule has 8 nitrogen and oxygen atoms in total. The highest BCUT2D eigenvalue weighted by Gasteiger charge is 2.36. The zero-order valence-corrected chi connectivity index (χ0v) is 19.7. The molecule has 1 saturated heterocycles. The van der Waals surface area contributed by atoms with Crippen molar-refractivity contribution in [2.24, 2.45) is 0 Å². The molecule has 0 aliphatic carbocycles. The molecule has 0 spiro atoms. The molecule has 178 valence electrons. The van der Waals surface area contributed by atoms with Crippen LogP contribution in [0.4, 0.5) is 4.39 Å². The lowest BCUT2D eigenvalue weighted by atomic mass is 10.1. The molecule has 0 aromatic heterocycles. The molecular formula is C22H25ClFN3O5S. The topological polar surface area (TPSA) is 107 Å². The Bertz CT molecular complexity index is 1160. The molecule has 2 atom stereocenters. The molecule has 0 radical (unpaired) electrons. The highest BCUT2D eigenvalue weighted by Crippen LogP contribution is 2.25. The van der Waals surface area contributed by atoms with Crippen LogP contribution in [0.1, 0.15) is 34.8 Å².